The summed E-state index contributed by atoms with van der Waals surface area (Å²) < 4.78 is 10.5. The predicted octanol–water partition coefficient (Wildman–Crippen LogP) is 2.15. The van der Waals surface area contributed by atoms with Gasteiger partial charge in [0, 0.05) is 38.7 Å². The Morgan fingerprint density at radius 1 is 1.31 bits per heavy atom. The van der Waals surface area contributed by atoms with Crippen LogP contribution < -0.4 is 0 Å². The molecular weight excluding hydrogens is 270 g/mol. The Kier molecular flexibility index (Phi) is 8.47. The predicted molar refractivity (Wildman–Crippen MR) is 70.3 cm³/mol. The molecule has 0 amide bonds. The molecule has 0 spiro atoms. The molecule has 1 aliphatic rings. The van der Waals surface area contributed by atoms with Gasteiger partial charge in [0.05, 0.1) is 6.61 Å². The molecule has 16 heavy (non-hydrogen) atoms. The highest BCUT2D eigenvalue weighted by atomic mass is 79.9. The molecule has 0 aromatic heterocycles. The van der Waals surface area contributed by atoms with Gasteiger partial charge in [-0.15, -0.1) is 0 Å². The summed E-state index contributed by atoms with van der Waals surface area (Å²) in [7, 11) is 1.73. The molecule has 0 aromatic rings. The number of hydrogen-bond donors (Lipinski definition) is 0. The molecule has 1 heterocycles. The summed E-state index contributed by atoms with van der Waals surface area (Å²) in [4.78, 5) is 2.52. The Morgan fingerprint density at radius 3 is 2.94 bits per heavy atom. The minimum Gasteiger partial charge on any atom is -0.385 e. The number of halogens is 1. The van der Waals surface area contributed by atoms with E-state index >= 15 is 0 Å². The van der Waals surface area contributed by atoms with E-state index < -0.39 is 0 Å². The van der Waals surface area contributed by atoms with E-state index in [2.05, 4.69) is 20.8 Å². The fourth-order valence-electron chi connectivity index (χ4n) is 2.08. The molecule has 1 fully saturated rings. The molecule has 1 aliphatic heterocycles. The quantitative estimate of drug-likeness (QED) is 0.506. The first-order chi connectivity index (χ1) is 7.86. The van der Waals surface area contributed by atoms with Crippen molar-refractivity contribution < 1.29 is 9.47 Å². The van der Waals surface area contributed by atoms with Crippen molar-refractivity contribution in [2.24, 2.45) is 5.92 Å². The van der Waals surface area contributed by atoms with Gasteiger partial charge in [-0.1, -0.05) is 15.9 Å². The summed E-state index contributed by atoms with van der Waals surface area (Å²) in [5, 5.41) is 1.14. The van der Waals surface area contributed by atoms with E-state index in [1.807, 2.05) is 0 Å². The van der Waals surface area contributed by atoms with Gasteiger partial charge in [0.15, 0.2) is 0 Å². The third-order valence-electron chi connectivity index (χ3n) is 3.01. The maximum absolute atomic E-state index is 5.57. The zero-order valence-electron chi connectivity index (χ0n) is 10.3. The molecule has 1 unspecified atom stereocenters. The molecule has 1 saturated heterocycles. The van der Waals surface area contributed by atoms with Crippen LogP contribution in [0, 0.1) is 5.92 Å². The Morgan fingerprint density at radius 2 is 2.19 bits per heavy atom. The summed E-state index contributed by atoms with van der Waals surface area (Å²) >= 11 is 3.58. The van der Waals surface area contributed by atoms with Crippen LogP contribution in [-0.4, -0.2) is 56.8 Å². The number of ether oxygens (including phenoxy) is 2. The van der Waals surface area contributed by atoms with Crippen LogP contribution in [-0.2, 0) is 9.47 Å². The number of nitrogens with zero attached hydrogens (tertiary/aromatic N) is 1. The second-order valence-electron chi connectivity index (χ2n) is 4.42. The second kappa shape index (κ2) is 9.40. The monoisotopic (exact) mass is 293 g/mol. The normalized spacial score (nSPS) is 22.5. The lowest BCUT2D eigenvalue weighted by Gasteiger charge is -2.31. The summed E-state index contributed by atoms with van der Waals surface area (Å²) in [6, 6.07) is 0. The molecule has 0 bridgehead atoms. The van der Waals surface area contributed by atoms with Crippen LogP contribution in [0.25, 0.3) is 0 Å². The largest absolute Gasteiger partial charge is 0.385 e. The first-order valence-corrected chi connectivity index (χ1v) is 7.34. The van der Waals surface area contributed by atoms with Gasteiger partial charge >= 0.3 is 0 Å². The molecule has 96 valence electrons. The van der Waals surface area contributed by atoms with Crippen LogP contribution in [0.4, 0.5) is 0 Å². The van der Waals surface area contributed by atoms with Crippen molar-refractivity contribution in [1.82, 2.24) is 4.90 Å². The van der Waals surface area contributed by atoms with Crippen LogP contribution in [0.1, 0.15) is 19.3 Å². The topological polar surface area (TPSA) is 21.7 Å². The summed E-state index contributed by atoms with van der Waals surface area (Å²) in [5.41, 5.74) is 0. The highest BCUT2D eigenvalue weighted by Gasteiger charge is 2.18. The molecule has 0 radical (unpaired) electrons. The Labute approximate surface area is 108 Å². The zero-order chi connectivity index (χ0) is 11.6. The van der Waals surface area contributed by atoms with Crippen molar-refractivity contribution in [3.05, 3.63) is 0 Å². The zero-order valence-corrected chi connectivity index (χ0v) is 11.9. The van der Waals surface area contributed by atoms with Crippen LogP contribution in [0.15, 0.2) is 0 Å². The number of likely N-dealkylation sites (tertiary alicyclic amines) is 1. The SMILES string of the molecule is COCCCOCCN1CCCC(CBr)C1. The van der Waals surface area contributed by atoms with Crippen LogP contribution in [0.5, 0.6) is 0 Å². The first-order valence-electron chi connectivity index (χ1n) is 6.21. The highest BCUT2D eigenvalue weighted by Crippen LogP contribution is 2.17. The summed E-state index contributed by atoms with van der Waals surface area (Å²) in [6.07, 6.45) is 3.71. The van der Waals surface area contributed by atoms with Gasteiger partial charge in [0.2, 0.25) is 0 Å². The lowest BCUT2D eigenvalue weighted by molar-refractivity contribution is 0.0733. The summed E-state index contributed by atoms with van der Waals surface area (Å²) in [6.45, 7) is 6.03. The molecule has 1 rings (SSSR count). The minimum absolute atomic E-state index is 0.801. The number of hydrogen-bond acceptors (Lipinski definition) is 3. The van der Waals surface area contributed by atoms with Gasteiger partial charge in [0.25, 0.3) is 0 Å². The van der Waals surface area contributed by atoms with Gasteiger partial charge in [-0.3, -0.25) is 0 Å². The highest BCUT2D eigenvalue weighted by molar-refractivity contribution is 9.09. The average molecular weight is 294 g/mol. The van der Waals surface area contributed by atoms with Gasteiger partial charge < -0.3 is 14.4 Å². The van der Waals surface area contributed by atoms with Crippen LogP contribution >= 0.6 is 15.9 Å². The first kappa shape index (κ1) is 14.4. The van der Waals surface area contributed by atoms with E-state index in [1.165, 1.54) is 25.9 Å². The van der Waals surface area contributed by atoms with Gasteiger partial charge in [-0.25, -0.2) is 0 Å². The molecule has 0 saturated carbocycles. The number of rotatable bonds is 8. The molecule has 0 aromatic carbocycles. The van der Waals surface area contributed by atoms with Crippen molar-refractivity contribution in [2.45, 2.75) is 19.3 Å². The second-order valence-corrected chi connectivity index (χ2v) is 5.07. The van der Waals surface area contributed by atoms with Crippen LogP contribution in [0.3, 0.4) is 0 Å². The van der Waals surface area contributed by atoms with Crippen molar-refractivity contribution in [3.8, 4) is 0 Å². The van der Waals surface area contributed by atoms with E-state index in [9.17, 15) is 0 Å². The maximum atomic E-state index is 5.57. The van der Waals surface area contributed by atoms with E-state index in [4.69, 9.17) is 9.47 Å². The van der Waals surface area contributed by atoms with Crippen molar-refractivity contribution in [1.29, 1.82) is 0 Å². The van der Waals surface area contributed by atoms with E-state index in [0.717, 1.165) is 44.0 Å². The fourth-order valence-corrected chi connectivity index (χ4v) is 2.61. The molecule has 0 N–H and O–H groups in total. The smallest absolute Gasteiger partial charge is 0.0593 e. The number of alkyl halides is 1. The van der Waals surface area contributed by atoms with E-state index in [-0.39, 0.29) is 0 Å². The van der Waals surface area contributed by atoms with Crippen LogP contribution in [0.2, 0.25) is 0 Å². The maximum Gasteiger partial charge on any atom is 0.0593 e. The number of piperidine rings is 1. The average Bonchev–Trinajstić information content (AvgIpc) is 2.34. The van der Waals surface area contributed by atoms with E-state index in [1.54, 1.807) is 7.11 Å². The third kappa shape index (κ3) is 6.18. The molecule has 0 aliphatic carbocycles. The molecule has 1 atom stereocenters. The van der Waals surface area contributed by atoms with Crippen molar-refractivity contribution >= 4 is 15.9 Å². The van der Waals surface area contributed by atoms with Gasteiger partial charge in [-0.05, 0) is 31.7 Å². The third-order valence-corrected chi connectivity index (χ3v) is 3.93. The number of methoxy groups -OCH3 is 1. The molecule has 3 nitrogen and oxygen atoms in total. The lowest BCUT2D eigenvalue weighted by Crippen LogP contribution is -2.38. The van der Waals surface area contributed by atoms with E-state index in [0.29, 0.717) is 0 Å². The fraction of sp³-hybridized carbons (Fsp3) is 1.00. The van der Waals surface area contributed by atoms with Crippen molar-refractivity contribution in [2.75, 3.05) is 51.9 Å². The standard InChI is InChI=1S/C12H24BrNO2/c1-15-7-3-8-16-9-6-14-5-2-4-12(10-13)11-14/h12H,2-11H2,1H3. The Bertz CT molecular complexity index is 169. The van der Waals surface area contributed by atoms with Gasteiger partial charge in [-0.2, -0.15) is 0 Å². The summed E-state index contributed by atoms with van der Waals surface area (Å²) in [5.74, 6) is 0.835. The lowest BCUT2D eigenvalue weighted by atomic mass is 10.0. The minimum atomic E-state index is 0.801. The molecular formula is C12H24BrNO2. The Balaban J connectivity index is 1.95. The van der Waals surface area contributed by atoms with Gasteiger partial charge in [0.1, 0.15) is 0 Å². The Hall–Kier alpha value is 0.360. The molecule has 4 heteroatoms. The van der Waals surface area contributed by atoms with Crippen molar-refractivity contribution in [3.63, 3.8) is 0 Å².